The van der Waals surface area contributed by atoms with Crippen LogP contribution in [0.15, 0.2) is 42.7 Å². The summed E-state index contributed by atoms with van der Waals surface area (Å²) < 4.78 is 15.2. The first-order valence-corrected chi connectivity index (χ1v) is 8.15. The van der Waals surface area contributed by atoms with Crippen LogP contribution in [0.5, 0.6) is 0 Å². The van der Waals surface area contributed by atoms with Crippen molar-refractivity contribution in [2.75, 3.05) is 19.7 Å². The van der Waals surface area contributed by atoms with Crippen molar-refractivity contribution in [1.82, 2.24) is 9.88 Å². The van der Waals surface area contributed by atoms with Gasteiger partial charge < -0.3 is 10.0 Å². The van der Waals surface area contributed by atoms with Crippen LogP contribution in [-0.4, -0.2) is 46.3 Å². The zero-order chi connectivity index (χ0) is 17.3. The first-order chi connectivity index (χ1) is 11.5. The van der Waals surface area contributed by atoms with Gasteiger partial charge in [0.05, 0.1) is 28.8 Å². The van der Waals surface area contributed by atoms with Gasteiger partial charge in [0.25, 0.3) is 5.91 Å². The van der Waals surface area contributed by atoms with Crippen molar-refractivity contribution in [2.45, 2.75) is 11.6 Å². The highest BCUT2D eigenvalue weighted by Gasteiger charge is 2.49. The number of rotatable bonds is 3. The molecule has 0 radical (unpaired) electrons. The van der Waals surface area contributed by atoms with Gasteiger partial charge in [-0.1, -0.05) is 53.5 Å². The molecule has 126 valence electrons. The van der Waals surface area contributed by atoms with E-state index in [2.05, 4.69) is 4.98 Å². The standard InChI is InChI=1S/C17H15Cl2FN2O2/c18-13-6-21-7-14(19)15(13)16(24)22-8-12(17(20,9-22)10-23)11-4-2-1-3-5-11/h1-7,12,23H,8-10H2/t12-,17-/m1/s1. The van der Waals surface area contributed by atoms with E-state index in [4.69, 9.17) is 23.2 Å². The predicted octanol–water partition coefficient (Wildman–Crippen LogP) is 3.33. The molecule has 7 heteroatoms. The molecule has 24 heavy (non-hydrogen) atoms. The number of alkyl halides is 1. The molecule has 1 N–H and O–H groups in total. The average molecular weight is 369 g/mol. The molecule has 4 nitrogen and oxygen atoms in total. The molecule has 1 saturated heterocycles. The molecule has 0 spiro atoms. The summed E-state index contributed by atoms with van der Waals surface area (Å²) in [5.41, 5.74) is -1.08. The third-order valence-corrected chi connectivity index (χ3v) is 4.87. The van der Waals surface area contributed by atoms with Crippen LogP contribution >= 0.6 is 23.2 Å². The van der Waals surface area contributed by atoms with Gasteiger partial charge in [-0.05, 0) is 5.56 Å². The molecule has 1 amide bonds. The summed E-state index contributed by atoms with van der Waals surface area (Å²) in [6.07, 6.45) is 2.64. The Bertz CT molecular complexity index is 739. The van der Waals surface area contributed by atoms with Crippen molar-refractivity contribution in [3.8, 4) is 0 Å². The highest BCUT2D eigenvalue weighted by Crippen LogP contribution is 2.40. The van der Waals surface area contributed by atoms with Gasteiger partial charge in [-0.3, -0.25) is 9.78 Å². The highest BCUT2D eigenvalue weighted by atomic mass is 35.5. The summed E-state index contributed by atoms with van der Waals surface area (Å²) in [5.74, 6) is -1.09. The molecule has 1 aromatic heterocycles. The number of aliphatic hydroxyl groups is 1. The van der Waals surface area contributed by atoms with Crippen molar-refractivity contribution in [3.63, 3.8) is 0 Å². The molecule has 1 aliphatic heterocycles. The van der Waals surface area contributed by atoms with Crippen molar-refractivity contribution in [2.24, 2.45) is 0 Å². The fourth-order valence-electron chi connectivity index (χ4n) is 3.05. The minimum atomic E-state index is -1.91. The van der Waals surface area contributed by atoms with Gasteiger partial charge in [-0.25, -0.2) is 4.39 Å². The first kappa shape index (κ1) is 17.1. The Labute approximate surface area is 148 Å². The summed E-state index contributed by atoms with van der Waals surface area (Å²) >= 11 is 12.0. The minimum Gasteiger partial charge on any atom is -0.393 e. The smallest absolute Gasteiger partial charge is 0.257 e. The molecule has 2 heterocycles. The first-order valence-electron chi connectivity index (χ1n) is 7.39. The number of amides is 1. The molecule has 2 aromatic rings. The maximum atomic E-state index is 15.2. The molecule has 0 unspecified atom stereocenters. The van der Waals surface area contributed by atoms with Crippen molar-refractivity contribution < 1.29 is 14.3 Å². The van der Waals surface area contributed by atoms with E-state index in [9.17, 15) is 9.90 Å². The van der Waals surface area contributed by atoms with Gasteiger partial charge in [0, 0.05) is 24.9 Å². The highest BCUT2D eigenvalue weighted by molar-refractivity contribution is 6.39. The van der Waals surface area contributed by atoms with Crippen LogP contribution in [0, 0.1) is 0 Å². The second-order valence-corrected chi connectivity index (χ2v) is 6.63. The lowest BCUT2D eigenvalue weighted by Gasteiger charge is -2.23. The number of hydrogen-bond donors (Lipinski definition) is 1. The van der Waals surface area contributed by atoms with Gasteiger partial charge in [0.2, 0.25) is 0 Å². The van der Waals surface area contributed by atoms with Gasteiger partial charge in [0.1, 0.15) is 0 Å². The van der Waals surface area contributed by atoms with E-state index in [-0.39, 0.29) is 28.7 Å². The maximum absolute atomic E-state index is 15.2. The van der Waals surface area contributed by atoms with Crippen molar-refractivity contribution in [1.29, 1.82) is 0 Å². The normalized spacial score (nSPS) is 23.5. The van der Waals surface area contributed by atoms with Crippen LogP contribution in [0.1, 0.15) is 21.8 Å². The van der Waals surface area contributed by atoms with E-state index in [1.807, 2.05) is 6.07 Å². The number of nitrogens with zero attached hydrogens (tertiary/aromatic N) is 2. The third-order valence-electron chi connectivity index (χ3n) is 4.30. The van der Waals surface area contributed by atoms with E-state index in [0.29, 0.717) is 0 Å². The van der Waals surface area contributed by atoms with E-state index >= 15 is 4.39 Å². The second-order valence-electron chi connectivity index (χ2n) is 5.82. The van der Waals surface area contributed by atoms with E-state index in [1.54, 1.807) is 24.3 Å². The molecule has 1 aliphatic rings. The van der Waals surface area contributed by atoms with E-state index in [1.165, 1.54) is 17.3 Å². The molecule has 2 atom stereocenters. The Balaban J connectivity index is 1.93. The van der Waals surface area contributed by atoms with Crippen LogP contribution < -0.4 is 0 Å². The summed E-state index contributed by atoms with van der Waals surface area (Å²) in [7, 11) is 0. The number of pyridine rings is 1. The number of carbonyl (C=O) groups is 1. The minimum absolute atomic E-state index is 0.0994. The fourth-order valence-corrected chi connectivity index (χ4v) is 3.58. The monoisotopic (exact) mass is 368 g/mol. The fraction of sp³-hybridized carbons (Fsp3) is 0.294. The quantitative estimate of drug-likeness (QED) is 0.903. The largest absolute Gasteiger partial charge is 0.393 e. The summed E-state index contributed by atoms with van der Waals surface area (Å²) in [6.45, 7) is -0.764. The summed E-state index contributed by atoms with van der Waals surface area (Å²) in [5, 5.41) is 9.79. The predicted molar refractivity (Wildman–Crippen MR) is 90.3 cm³/mol. The molecule has 3 rings (SSSR count). The molecule has 1 fully saturated rings. The zero-order valence-electron chi connectivity index (χ0n) is 12.6. The third kappa shape index (κ3) is 2.99. The number of likely N-dealkylation sites (tertiary alicyclic amines) is 1. The van der Waals surface area contributed by atoms with Gasteiger partial charge >= 0.3 is 0 Å². The van der Waals surface area contributed by atoms with Gasteiger partial charge in [-0.2, -0.15) is 0 Å². The Kier molecular flexibility index (Phi) is 4.76. The van der Waals surface area contributed by atoms with Crippen LogP contribution in [-0.2, 0) is 0 Å². The lowest BCUT2D eigenvalue weighted by Crippen LogP contribution is -2.37. The van der Waals surface area contributed by atoms with E-state index < -0.39 is 24.1 Å². The van der Waals surface area contributed by atoms with E-state index in [0.717, 1.165) is 5.56 Å². The summed E-state index contributed by atoms with van der Waals surface area (Å²) in [4.78, 5) is 17.9. The SMILES string of the molecule is O=C(c1c(Cl)cncc1Cl)N1C[C@H](c2ccccc2)[C@](F)(CO)C1. The van der Waals surface area contributed by atoms with Crippen LogP contribution in [0.3, 0.4) is 0 Å². The maximum Gasteiger partial charge on any atom is 0.257 e. The molecular weight excluding hydrogens is 354 g/mol. The average Bonchev–Trinajstić information content (AvgIpc) is 2.94. The van der Waals surface area contributed by atoms with Crippen LogP contribution in [0.2, 0.25) is 10.0 Å². The van der Waals surface area contributed by atoms with Crippen molar-refractivity contribution >= 4 is 29.1 Å². The second kappa shape index (κ2) is 6.67. The number of aromatic nitrogens is 1. The van der Waals surface area contributed by atoms with Crippen LogP contribution in [0.25, 0.3) is 0 Å². The number of benzene rings is 1. The van der Waals surface area contributed by atoms with Gasteiger partial charge in [0.15, 0.2) is 5.67 Å². The number of aliphatic hydroxyl groups excluding tert-OH is 1. The molecule has 0 bridgehead atoms. The Morgan fingerprint density at radius 1 is 1.29 bits per heavy atom. The lowest BCUT2D eigenvalue weighted by molar-refractivity contribution is 0.0576. The van der Waals surface area contributed by atoms with Crippen LogP contribution in [0.4, 0.5) is 4.39 Å². The number of hydrogen-bond acceptors (Lipinski definition) is 3. The Morgan fingerprint density at radius 3 is 2.50 bits per heavy atom. The molecule has 0 aliphatic carbocycles. The lowest BCUT2D eigenvalue weighted by atomic mass is 9.87. The Hall–Kier alpha value is -1.69. The zero-order valence-corrected chi connectivity index (χ0v) is 14.1. The number of halogens is 3. The van der Waals surface area contributed by atoms with Crippen molar-refractivity contribution in [3.05, 3.63) is 63.9 Å². The molecule has 0 saturated carbocycles. The Morgan fingerprint density at radius 2 is 1.92 bits per heavy atom. The topological polar surface area (TPSA) is 53.4 Å². The van der Waals surface area contributed by atoms with Gasteiger partial charge in [-0.15, -0.1) is 0 Å². The number of carbonyl (C=O) groups excluding carboxylic acids is 1. The molecule has 1 aromatic carbocycles. The molecular formula is C17H15Cl2FN2O2. The summed E-state index contributed by atoms with van der Waals surface area (Å²) in [6, 6.07) is 9.00.